The fraction of sp³-hybridized carbons (Fsp3) is 0.667. The van der Waals surface area contributed by atoms with Crippen molar-refractivity contribution in [1.29, 1.82) is 0 Å². The third-order valence-electron chi connectivity index (χ3n) is 3.32. The third kappa shape index (κ3) is 2.20. The van der Waals surface area contributed by atoms with E-state index in [4.69, 9.17) is 0 Å². The van der Waals surface area contributed by atoms with Gasteiger partial charge in [0.1, 0.15) is 0 Å². The lowest BCUT2D eigenvalue weighted by atomic mass is 10.1. The maximum atomic E-state index is 12.4. The van der Waals surface area contributed by atoms with Gasteiger partial charge in [0.15, 0.2) is 0 Å². The highest BCUT2D eigenvalue weighted by Crippen LogP contribution is 2.21. The van der Waals surface area contributed by atoms with Gasteiger partial charge in [-0.15, -0.1) is 0 Å². The summed E-state index contributed by atoms with van der Waals surface area (Å²) >= 11 is 0. The normalized spacial score (nSPS) is 19.9. The fourth-order valence-electron chi connectivity index (χ4n) is 2.42. The molecule has 0 bridgehead atoms. The molecule has 17 heavy (non-hydrogen) atoms. The van der Waals surface area contributed by atoms with Crippen LogP contribution in [0.25, 0.3) is 0 Å². The molecule has 1 amide bonds. The van der Waals surface area contributed by atoms with Gasteiger partial charge in [-0.2, -0.15) is 5.10 Å². The molecule has 1 N–H and O–H groups in total. The molecule has 0 aliphatic carbocycles. The van der Waals surface area contributed by atoms with Gasteiger partial charge in [0.2, 0.25) is 0 Å². The Morgan fingerprint density at radius 2 is 2.41 bits per heavy atom. The number of hydrogen-bond donors (Lipinski definition) is 1. The first-order valence-corrected chi connectivity index (χ1v) is 6.11. The Morgan fingerprint density at radius 3 is 3.06 bits per heavy atom. The van der Waals surface area contributed by atoms with Crippen LogP contribution in [-0.2, 0) is 13.5 Å². The molecule has 5 nitrogen and oxygen atoms in total. The second-order valence-corrected chi connectivity index (χ2v) is 4.49. The minimum atomic E-state index is -0.0209. The lowest BCUT2D eigenvalue weighted by Crippen LogP contribution is -2.37. The van der Waals surface area contributed by atoms with E-state index in [-0.39, 0.29) is 18.6 Å². The quantitative estimate of drug-likeness (QED) is 0.836. The van der Waals surface area contributed by atoms with Crippen molar-refractivity contribution >= 4 is 5.91 Å². The van der Waals surface area contributed by atoms with E-state index in [2.05, 4.69) is 5.10 Å². The summed E-state index contributed by atoms with van der Waals surface area (Å²) < 4.78 is 1.68. The van der Waals surface area contributed by atoms with Crippen LogP contribution in [0.2, 0.25) is 0 Å². The number of aromatic nitrogens is 2. The lowest BCUT2D eigenvalue weighted by molar-refractivity contribution is 0.0676. The van der Waals surface area contributed by atoms with Crippen molar-refractivity contribution in [2.75, 3.05) is 13.2 Å². The predicted molar refractivity (Wildman–Crippen MR) is 63.7 cm³/mol. The highest BCUT2D eigenvalue weighted by Gasteiger charge is 2.30. The summed E-state index contributed by atoms with van der Waals surface area (Å²) in [6, 6.07) is -0.0209. The molecule has 1 unspecified atom stereocenters. The third-order valence-corrected chi connectivity index (χ3v) is 3.32. The van der Waals surface area contributed by atoms with Gasteiger partial charge in [-0.25, -0.2) is 0 Å². The monoisotopic (exact) mass is 237 g/mol. The molecule has 1 atom stereocenters. The number of carbonyl (C=O) groups is 1. The largest absolute Gasteiger partial charge is 0.394 e. The van der Waals surface area contributed by atoms with Crippen LogP contribution in [0.5, 0.6) is 0 Å². The summed E-state index contributed by atoms with van der Waals surface area (Å²) in [7, 11) is 1.82. The first kappa shape index (κ1) is 12.1. The van der Waals surface area contributed by atoms with Gasteiger partial charge in [0.25, 0.3) is 5.91 Å². The Balaban J connectivity index is 2.24. The average molecular weight is 237 g/mol. The molecular weight excluding hydrogens is 218 g/mol. The molecule has 1 aliphatic rings. The number of aryl methyl sites for hydroxylation is 2. The fourth-order valence-corrected chi connectivity index (χ4v) is 2.42. The molecule has 2 rings (SSSR count). The zero-order valence-electron chi connectivity index (χ0n) is 10.4. The van der Waals surface area contributed by atoms with Crippen molar-refractivity contribution in [2.24, 2.45) is 7.05 Å². The standard InChI is InChI=1S/C12H19N3O2/c1-3-11-10(7-14(2)13-11)12(17)15-6-4-5-9(15)8-16/h7,9,16H,3-6,8H2,1-2H3. The van der Waals surface area contributed by atoms with E-state index in [0.29, 0.717) is 5.56 Å². The van der Waals surface area contributed by atoms with Crippen molar-refractivity contribution in [2.45, 2.75) is 32.2 Å². The molecule has 1 aromatic heterocycles. The van der Waals surface area contributed by atoms with Crippen LogP contribution >= 0.6 is 0 Å². The SMILES string of the molecule is CCc1nn(C)cc1C(=O)N1CCCC1CO. The van der Waals surface area contributed by atoms with Crippen LogP contribution in [-0.4, -0.2) is 44.9 Å². The molecule has 1 fully saturated rings. The summed E-state index contributed by atoms with van der Waals surface area (Å²) in [6.07, 6.45) is 4.39. The van der Waals surface area contributed by atoms with Gasteiger partial charge in [-0.3, -0.25) is 9.48 Å². The summed E-state index contributed by atoms with van der Waals surface area (Å²) in [6.45, 7) is 2.78. The van der Waals surface area contributed by atoms with E-state index < -0.39 is 0 Å². The van der Waals surface area contributed by atoms with Crippen molar-refractivity contribution in [3.63, 3.8) is 0 Å². The Kier molecular flexibility index (Phi) is 3.47. The predicted octanol–water partition coefficient (Wildman–Crippen LogP) is 0.579. The van der Waals surface area contributed by atoms with Crippen molar-refractivity contribution in [3.05, 3.63) is 17.5 Å². The Labute approximate surface area is 101 Å². The summed E-state index contributed by atoms with van der Waals surface area (Å²) in [4.78, 5) is 14.1. The number of hydrogen-bond acceptors (Lipinski definition) is 3. The van der Waals surface area contributed by atoms with Crippen molar-refractivity contribution in [3.8, 4) is 0 Å². The minimum Gasteiger partial charge on any atom is -0.394 e. The molecule has 0 aromatic carbocycles. The lowest BCUT2D eigenvalue weighted by Gasteiger charge is -2.22. The highest BCUT2D eigenvalue weighted by molar-refractivity contribution is 5.95. The van der Waals surface area contributed by atoms with Crippen LogP contribution in [0.3, 0.4) is 0 Å². The van der Waals surface area contributed by atoms with E-state index in [1.165, 1.54) is 0 Å². The van der Waals surface area contributed by atoms with Crippen molar-refractivity contribution < 1.29 is 9.90 Å². The van der Waals surface area contributed by atoms with Gasteiger partial charge in [0.05, 0.1) is 23.9 Å². The molecule has 2 heterocycles. The van der Waals surface area contributed by atoms with Crippen molar-refractivity contribution in [1.82, 2.24) is 14.7 Å². The van der Waals surface area contributed by atoms with E-state index in [0.717, 1.165) is 31.5 Å². The molecule has 0 spiro atoms. The average Bonchev–Trinajstić information content (AvgIpc) is 2.93. The Morgan fingerprint density at radius 1 is 1.65 bits per heavy atom. The second kappa shape index (κ2) is 4.87. The van der Waals surface area contributed by atoms with Gasteiger partial charge >= 0.3 is 0 Å². The summed E-state index contributed by atoms with van der Waals surface area (Å²) in [5, 5.41) is 13.5. The number of aliphatic hydroxyl groups is 1. The number of amides is 1. The van der Waals surface area contributed by atoms with E-state index in [1.807, 2.05) is 14.0 Å². The molecule has 0 saturated carbocycles. The second-order valence-electron chi connectivity index (χ2n) is 4.49. The highest BCUT2D eigenvalue weighted by atomic mass is 16.3. The summed E-state index contributed by atoms with van der Waals surface area (Å²) in [5.41, 5.74) is 1.51. The Hall–Kier alpha value is -1.36. The minimum absolute atomic E-state index is 0.00602. The smallest absolute Gasteiger partial charge is 0.257 e. The van der Waals surface area contributed by atoms with Crippen LogP contribution in [0.1, 0.15) is 35.8 Å². The number of likely N-dealkylation sites (tertiary alicyclic amines) is 1. The van der Waals surface area contributed by atoms with Crippen LogP contribution in [0.15, 0.2) is 6.20 Å². The number of carbonyl (C=O) groups excluding carboxylic acids is 1. The zero-order chi connectivity index (χ0) is 12.4. The maximum Gasteiger partial charge on any atom is 0.257 e. The first-order valence-electron chi connectivity index (χ1n) is 6.11. The first-order chi connectivity index (χ1) is 8.17. The topological polar surface area (TPSA) is 58.4 Å². The van der Waals surface area contributed by atoms with Gasteiger partial charge in [0, 0.05) is 19.8 Å². The van der Waals surface area contributed by atoms with Gasteiger partial charge in [-0.05, 0) is 19.3 Å². The van der Waals surface area contributed by atoms with Gasteiger partial charge < -0.3 is 10.0 Å². The number of aliphatic hydroxyl groups excluding tert-OH is 1. The van der Waals surface area contributed by atoms with E-state index in [9.17, 15) is 9.90 Å². The number of nitrogens with zero attached hydrogens (tertiary/aromatic N) is 3. The number of rotatable bonds is 3. The molecule has 1 aromatic rings. The molecule has 1 saturated heterocycles. The molecule has 94 valence electrons. The maximum absolute atomic E-state index is 12.4. The zero-order valence-corrected chi connectivity index (χ0v) is 10.4. The Bertz CT molecular complexity index is 414. The molecule has 0 radical (unpaired) electrons. The van der Waals surface area contributed by atoms with Crippen LogP contribution < -0.4 is 0 Å². The molecule has 1 aliphatic heterocycles. The summed E-state index contributed by atoms with van der Waals surface area (Å²) in [5.74, 6) is 0.00602. The van der Waals surface area contributed by atoms with E-state index in [1.54, 1.807) is 15.8 Å². The van der Waals surface area contributed by atoms with E-state index >= 15 is 0 Å². The van der Waals surface area contributed by atoms with Crippen LogP contribution in [0.4, 0.5) is 0 Å². The molecule has 5 heteroatoms. The molecular formula is C12H19N3O2. The van der Waals surface area contributed by atoms with Gasteiger partial charge in [-0.1, -0.05) is 6.92 Å². The van der Waals surface area contributed by atoms with Crippen LogP contribution in [0, 0.1) is 0 Å².